The van der Waals surface area contributed by atoms with Gasteiger partial charge in [0.25, 0.3) is 0 Å². The van der Waals surface area contributed by atoms with E-state index < -0.39 is 10.0 Å². The maximum absolute atomic E-state index is 13.0. The van der Waals surface area contributed by atoms with Crippen LogP contribution in [0.15, 0.2) is 29.2 Å². The van der Waals surface area contributed by atoms with Gasteiger partial charge in [0.05, 0.1) is 4.90 Å². The van der Waals surface area contributed by atoms with Crippen molar-refractivity contribution in [3.05, 3.63) is 24.3 Å². The molecular formula is C16H24N2O2S. The largest absolute Gasteiger partial charge is 0.399 e. The van der Waals surface area contributed by atoms with Gasteiger partial charge >= 0.3 is 0 Å². The number of anilines is 1. The molecule has 116 valence electrons. The lowest BCUT2D eigenvalue weighted by Gasteiger charge is -2.39. The van der Waals surface area contributed by atoms with Crippen molar-refractivity contribution in [3.8, 4) is 0 Å². The third-order valence-corrected chi connectivity index (χ3v) is 6.73. The number of hydrogen-bond acceptors (Lipinski definition) is 3. The van der Waals surface area contributed by atoms with E-state index in [1.165, 1.54) is 0 Å². The van der Waals surface area contributed by atoms with E-state index in [0.717, 1.165) is 19.3 Å². The van der Waals surface area contributed by atoms with Gasteiger partial charge in [-0.1, -0.05) is 26.8 Å². The normalized spacial score (nSPS) is 32.2. The molecule has 0 spiro atoms. The summed E-state index contributed by atoms with van der Waals surface area (Å²) in [4.78, 5) is 0.316. The molecular weight excluding hydrogens is 284 g/mol. The summed E-state index contributed by atoms with van der Waals surface area (Å²) in [5, 5.41) is 0. The van der Waals surface area contributed by atoms with Gasteiger partial charge in [-0.25, -0.2) is 8.42 Å². The molecule has 0 unspecified atom stereocenters. The number of sulfonamides is 1. The molecule has 2 aliphatic rings. The molecule has 21 heavy (non-hydrogen) atoms. The molecule has 1 aromatic rings. The van der Waals surface area contributed by atoms with Gasteiger partial charge in [0.15, 0.2) is 0 Å². The number of nitrogens with two attached hydrogens (primary N) is 1. The second kappa shape index (κ2) is 4.46. The van der Waals surface area contributed by atoms with Gasteiger partial charge in [-0.05, 0) is 48.3 Å². The van der Waals surface area contributed by atoms with Crippen LogP contribution in [0.1, 0.15) is 40.0 Å². The van der Waals surface area contributed by atoms with E-state index >= 15 is 0 Å². The van der Waals surface area contributed by atoms with Gasteiger partial charge in [-0.15, -0.1) is 0 Å². The van der Waals surface area contributed by atoms with Gasteiger partial charge in [-0.2, -0.15) is 4.31 Å². The van der Waals surface area contributed by atoms with E-state index in [2.05, 4.69) is 20.8 Å². The number of nitrogens with zero attached hydrogens (tertiary/aromatic N) is 1. The molecule has 1 saturated heterocycles. The fourth-order valence-electron chi connectivity index (χ4n) is 4.50. The number of fused-ring (bicyclic) bond motifs is 2. The Kier molecular flexibility index (Phi) is 3.16. The van der Waals surface area contributed by atoms with Gasteiger partial charge in [0.1, 0.15) is 0 Å². The van der Waals surface area contributed by atoms with Gasteiger partial charge in [0, 0.05) is 18.3 Å². The zero-order valence-corrected chi connectivity index (χ0v) is 13.8. The highest BCUT2D eigenvalue weighted by molar-refractivity contribution is 7.89. The standard InChI is InChI=1S/C16H24N2O2S/c1-15(2)8-13-9-16(3,10-15)11-18(13)21(19,20)14-6-4-5-12(17)7-14/h4-7,13H,8-11,17H2,1-3H3/t13-,16-/m0/s1. The Bertz CT molecular complexity index is 669. The molecule has 2 atom stereocenters. The maximum Gasteiger partial charge on any atom is 0.243 e. The number of rotatable bonds is 2. The highest BCUT2D eigenvalue weighted by Gasteiger charge is 2.53. The predicted molar refractivity (Wildman–Crippen MR) is 84.3 cm³/mol. The smallest absolute Gasteiger partial charge is 0.243 e. The molecule has 4 nitrogen and oxygen atoms in total. The minimum atomic E-state index is -3.45. The van der Waals surface area contributed by atoms with Gasteiger partial charge < -0.3 is 5.73 Å². The Balaban J connectivity index is 1.98. The fourth-order valence-corrected chi connectivity index (χ4v) is 6.33. The molecule has 3 rings (SSSR count). The fraction of sp³-hybridized carbons (Fsp3) is 0.625. The molecule has 0 radical (unpaired) electrons. The molecule has 2 fully saturated rings. The lowest BCUT2D eigenvalue weighted by molar-refractivity contribution is 0.133. The first-order valence-corrected chi connectivity index (χ1v) is 8.93. The first-order chi connectivity index (χ1) is 9.61. The maximum atomic E-state index is 13.0. The van der Waals surface area contributed by atoms with E-state index in [-0.39, 0.29) is 16.9 Å². The van der Waals surface area contributed by atoms with Crippen LogP contribution in [0.25, 0.3) is 0 Å². The van der Waals surface area contributed by atoms with Gasteiger partial charge in [0.2, 0.25) is 10.0 Å². The first-order valence-electron chi connectivity index (χ1n) is 7.49. The molecule has 5 heteroatoms. The highest BCUT2D eigenvalue weighted by Crippen LogP contribution is 2.53. The second-order valence-corrected chi connectivity index (χ2v) is 9.73. The summed E-state index contributed by atoms with van der Waals surface area (Å²) in [7, 11) is -3.45. The highest BCUT2D eigenvalue weighted by atomic mass is 32.2. The number of hydrogen-bond donors (Lipinski definition) is 1. The van der Waals surface area contributed by atoms with Gasteiger partial charge in [-0.3, -0.25) is 0 Å². The van der Waals surface area contributed by atoms with Crippen LogP contribution in [-0.4, -0.2) is 25.3 Å². The minimum absolute atomic E-state index is 0.0970. The second-order valence-electron chi connectivity index (χ2n) is 7.84. The van der Waals surface area contributed by atoms with E-state index in [1.54, 1.807) is 28.6 Å². The molecule has 1 heterocycles. The first kappa shape index (κ1) is 14.9. The van der Waals surface area contributed by atoms with Crippen molar-refractivity contribution in [1.29, 1.82) is 0 Å². The SMILES string of the molecule is CC1(C)C[C@H]2C[C@](C)(CN2S(=O)(=O)c2cccc(N)c2)C1. The number of nitrogen functional groups attached to an aromatic ring is 1. The van der Waals surface area contributed by atoms with E-state index in [4.69, 9.17) is 5.73 Å². The molecule has 1 saturated carbocycles. The van der Waals surface area contributed by atoms with Crippen molar-refractivity contribution in [2.24, 2.45) is 10.8 Å². The van der Waals surface area contributed by atoms with Crippen LogP contribution in [0.4, 0.5) is 5.69 Å². The van der Waals surface area contributed by atoms with Crippen molar-refractivity contribution in [1.82, 2.24) is 4.31 Å². The third kappa shape index (κ3) is 2.57. The van der Waals surface area contributed by atoms with Crippen LogP contribution in [0.5, 0.6) is 0 Å². The Morgan fingerprint density at radius 3 is 2.62 bits per heavy atom. The Morgan fingerprint density at radius 1 is 1.24 bits per heavy atom. The molecule has 0 amide bonds. The zero-order chi connectivity index (χ0) is 15.5. The quantitative estimate of drug-likeness (QED) is 0.855. The summed E-state index contributed by atoms with van der Waals surface area (Å²) in [6.45, 7) is 7.33. The average molecular weight is 308 g/mol. The third-order valence-electron chi connectivity index (χ3n) is 4.83. The summed E-state index contributed by atoms with van der Waals surface area (Å²) < 4.78 is 27.6. The van der Waals surface area contributed by atoms with Crippen molar-refractivity contribution in [3.63, 3.8) is 0 Å². The topological polar surface area (TPSA) is 63.4 Å². The lowest BCUT2D eigenvalue weighted by Crippen LogP contribution is -2.37. The number of benzene rings is 1. The van der Waals surface area contributed by atoms with E-state index in [1.807, 2.05) is 0 Å². The van der Waals surface area contributed by atoms with Crippen LogP contribution in [0, 0.1) is 10.8 Å². The average Bonchev–Trinajstić information content (AvgIpc) is 2.59. The molecule has 1 aromatic carbocycles. The zero-order valence-electron chi connectivity index (χ0n) is 13.0. The monoisotopic (exact) mass is 308 g/mol. The summed E-state index contributed by atoms with van der Waals surface area (Å²) in [6, 6.07) is 6.74. The summed E-state index contributed by atoms with van der Waals surface area (Å²) in [5.41, 5.74) is 6.54. The summed E-state index contributed by atoms with van der Waals surface area (Å²) >= 11 is 0. The summed E-state index contributed by atoms with van der Waals surface area (Å²) in [6.07, 6.45) is 2.99. The van der Waals surface area contributed by atoms with E-state index in [9.17, 15) is 8.42 Å². The molecule has 0 aromatic heterocycles. The van der Waals surface area contributed by atoms with Crippen molar-refractivity contribution >= 4 is 15.7 Å². The Labute approximate surface area is 127 Å². The molecule has 1 aliphatic carbocycles. The van der Waals surface area contributed by atoms with Crippen LogP contribution < -0.4 is 5.73 Å². The molecule has 1 aliphatic heterocycles. The Morgan fingerprint density at radius 2 is 1.95 bits per heavy atom. The van der Waals surface area contributed by atoms with Crippen LogP contribution in [0.2, 0.25) is 0 Å². The lowest BCUT2D eigenvalue weighted by atomic mass is 9.65. The minimum Gasteiger partial charge on any atom is -0.399 e. The predicted octanol–water partition coefficient (Wildman–Crippen LogP) is 2.86. The van der Waals surface area contributed by atoms with Crippen LogP contribution in [-0.2, 0) is 10.0 Å². The van der Waals surface area contributed by atoms with Crippen molar-refractivity contribution < 1.29 is 8.42 Å². The summed E-state index contributed by atoms with van der Waals surface area (Å²) in [5.74, 6) is 0. The van der Waals surface area contributed by atoms with Crippen LogP contribution in [0.3, 0.4) is 0 Å². The van der Waals surface area contributed by atoms with E-state index in [0.29, 0.717) is 17.1 Å². The molecule has 2 bridgehead atoms. The Hall–Kier alpha value is -1.07. The molecule has 2 N–H and O–H groups in total. The van der Waals surface area contributed by atoms with Crippen molar-refractivity contribution in [2.75, 3.05) is 12.3 Å². The van der Waals surface area contributed by atoms with Crippen molar-refractivity contribution in [2.45, 2.75) is 51.0 Å². The van der Waals surface area contributed by atoms with Crippen LogP contribution >= 0.6 is 0 Å².